The number of hydrogen-bond acceptors (Lipinski definition) is 3. The monoisotopic (exact) mass is 229 g/mol. The Kier molecular flexibility index (Phi) is 2.71. The average molecular weight is 229 g/mol. The minimum atomic E-state index is -0.477. The van der Waals surface area contributed by atoms with E-state index in [0.29, 0.717) is 11.3 Å². The molecular formula is C12H8FN3O. The lowest BCUT2D eigenvalue weighted by molar-refractivity contribution is 0.627. The summed E-state index contributed by atoms with van der Waals surface area (Å²) in [6.07, 6.45) is 0. The molecule has 5 heteroatoms. The van der Waals surface area contributed by atoms with Crippen LogP contribution in [-0.2, 0) is 7.05 Å². The Morgan fingerprint density at radius 2 is 2.12 bits per heavy atom. The molecule has 0 aliphatic rings. The second kappa shape index (κ2) is 4.18. The molecule has 0 amide bonds. The minimum absolute atomic E-state index is 0.208. The third-order valence-corrected chi connectivity index (χ3v) is 2.33. The lowest BCUT2D eigenvalue weighted by atomic mass is 10.1. The molecule has 17 heavy (non-hydrogen) atoms. The van der Waals surface area contributed by atoms with Gasteiger partial charge >= 0.3 is 0 Å². The largest absolute Gasteiger partial charge is 0.268 e. The van der Waals surface area contributed by atoms with Crippen LogP contribution < -0.4 is 5.56 Å². The molecule has 0 bridgehead atoms. The van der Waals surface area contributed by atoms with E-state index in [-0.39, 0.29) is 11.1 Å². The summed E-state index contributed by atoms with van der Waals surface area (Å²) >= 11 is 0. The van der Waals surface area contributed by atoms with Crippen molar-refractivity contribution in [2.24, 2.45) is 7.05 Å². The van der Waals surface area contributed by atoms with E-state index in [9.17, 15) is 9.18 Å². The summed E-state index contributed by atoms with van der Waals surface area (Å²) in [5.74, 6) is -0.477. The molecule has 0 fully saturated rings. The van der Waals surface area contributed by atoms with Crippen molar-refractivity contribution in [1.29, 1.82) is 5.26 Å². The molecule has 0 spiro atoms. The molecule has 0 atom stereocenters. The van der Waals surface area contributed by atoms with Gasteiger partial charge in [-0.25, -0.2) is 9.07 Å². The maximum atomic E-state index is 13.6. The summed E-state index contributed by atoms with van der Waals surface area (Å²) in [7, 11) is 1.48. The van der Waals surface area contributed by atoms with Crippen molar-refractivity contribution in [1.82, 2.24) is 9.78 Å². The van der Waals surface area contributed by atoms with Crippen molar-refractivity contribution >= 4 is 0 Å². The number of aryl methyl sites for hydroxylation is 1. The van der Waals surface area contributed by atoms with Gasteiger partial charge in [-0.1, -0.05) is 0 Å². The van der Waals surface area contributed by atoms with Crippen molar-refractivity contribution in [2.45, 2.75) is 0 Å². The highest BCUT2D eigenvalue weighted by molar-refractivity contribution is 5.61. The van der Waals surface area contributed by atoms with Gasteiger partial charge in [-0.3, -0.25) is 4.79 Å². The molecule has 0 saturated carbocycles. The van der Waals surface area contributed by atoms with Crippen molar-refractivity contribution < 1.29 is 4.39 Å². The maximum Gasteiger partial charge on any atom is 0.266 e. The van der Waals surface area contributed by atoms with Crippen LogP contribution in [0.15, 0.2) is 35.1 Å². The number of nitriles is 1. The molecular weight excluding hydrogens is 221 g/mol. The van der Waals surface area contributed by atoms with Crippen LogP contribution in [0.1, 0.15) is 5.56 Å². The zero-order valence-electron chi connectivity index (χ0n) is 9.01. The van der Waals surface area contributed by atoms with Gasteiger partial charge in [0.2, 0.25) is 0 Å². The first kappa shape index (κ1) is 11.0. The zero-order valence-corrected chi connectivity index (χ0v) is 9.01. The van der Waals surface area contributed by atoms with E-state index in [2.05, 4.69) is 5.10 Å². The highest BCUT2D eigenvalue weighted by Crippen LogP contribution is 2.20. The Labute approximate surface area is 96.6 Å². The van der Waals surface area contributed by atoms with Gasteiger partial charge < -0.3 is 0 Å². The number of rotatable bonds is 1. The van der Waals surface area contributed by atoms with Crippen LogP contribution in [0.3, 0.4) is 0 Å². The predicted molar refractivity (Wildman–Crippen MR) is 59.6 cm³/mol. The Morgan fingerprint density at radius 1 is 1.35 bits per heavy atom. The van der Waals surface area contributed by atoms with Crippen LogP contribution in [0.4, 0.5) is 4.39 Å². The Hall–Kier alpha value is -2.48. The number of benzene rings is 1. The first-order valence-corrected chi connectivity index (χ1v) is 4.86. The highest BCUT2D eigenvalue weighted by atomic mass is 19.1. The van der Waals surface area contributed by atoms with Crippen LogP contribution in [0.5, 0.6) is 0 Å². The quantitative estimate of drug-likeness (QED) is 0.743. The van der Waals surface area contributed by atoms with Gasteiger partial charge in [-0.05, 0) is 24.3 Å². The van der Waals surface area contributed by atoms with Crippen LogP contribution >= 0.6 is 0 Å². The molecule has 2 aromatic rings. The molecule has 1 aromatic heterocycles. The second-order valence-corrected chi connectivity index (χ2v) is 3.49. The molecule has 4 nitrogen and oxygen atoms in total. The van der Waals surface area contributed by atoms with Gasteiger partial charge in [0.15, 0.2) is 0 Å². The molecule has 2 rings (SSSR count). The summed E-state index contributed by atoms with van der Waals surface area (Å²) in [4.78, 5) is 11.2. The average Bonchev–Trinajstić information content (AvgIpc) is 2.33. The summed E-state index contributed by atoms with van der Waals surface area (Å²) in [6, 6.07) is 8.67. The fraction of sp³-hybridized carbons (Fsp3) is 0.0833. The Morgan fingerprint density at radius 3 is 2.76 bits per heavy atom. The van der Waals surface area contributed by atoms with E-state index in [1.807, 2.05) is 6.07 Å². The predicted octanol–water partition coefficient (Wildman–Crippen LogP) is 1.46. The molecule has 0 unspecified atom stereocenters. The van der Waals surface area contributed by atoms with Crippen molar-refractivity contribution in [2.75, 3.05) is 0 Å². The zero-order chi connectivity index (χ0) is 12.4. The number of halogens is 1. The molecule has 1 aromatic carbocycles. The lowest BCUT2D eigenvalue weighted by Gasteiger charge is -2.04. The fourth-order valence-electron chi connectivity index (χ4n) is 1.44. The van der Waals surface area contributed by atoms with Gasteiger partial charge in [0, 0.05) is 18.7 Å². The van der Waals surface area contributed by atoms with Gasteiger partial charge in [-0.2, -0.15) is 10.4 Å². The summed E-state index contributed by atoms with van der Waals surface area (Å²) in [6.45, 7) is 0. The van der Waals surface area contributed by atoms with Crippen LogP contribution in [0, 0.1) is 17.1 Å². The lowest BCUT2D eigenvalue weighted by Crippen LogP contribution is -2.18. The van der Waals surface area contributed by atoms with E-state index in [4.69, 9.17) is 5.26 Å². The fourth-order valence-corrected chi connectivity index (χ4v) is 1.44. The van der Waals surface area contributed by atoms with Gasteiger partial charge in [0.1, 0.15) is 5.82 Å². The smallest absolute Gasteiger partial charge is 0.266 e. The van der Waals surface area contributed by atoms with E-state index in [1.165, 1.54) is 37.4 Å². The summed E-state index contributed by atoms with van der Waals surface area (Å²) in [5, 5.41) is 12.7. The summed E-state index contributed by atoms with van der Waals surface area (Å²) < 4.78 is 14.7. The number of hydrogen-bond donors (Lipinski definition) is 0. The Balaban J connectivity index is 2.64. The van der Waals surface area contributed by atoms with E-state index in [0.717, 1.165) is 4.68 Å². The van der Waals surface area contributed by atoms with E-state index < -0.39 is 5.82 Å². The molecule has 0 N–H and O–H groups in total. The minimum Gasteiger partial charge on any atom is -0.268 e. The van der Waals surface area contributed by atoms with E-state index in [1.54, 1.807) is 0 Å². The van der Waals surface area contributed by atoms with Gasteiger partial charge in [0.25, 0.3) is 5.56 Å². The maximum absolute atomic E-state index is 13.6. The van der Waals surface area contributed by atoms with Crippen molar-refractivity contribution in [3.05, 3.63) is 52.1 Å². The van der Waals surface area contributed by atoms with Crippen molar-refractivity contribution in [3.63, 3.8) is 0 Å². The standard InChI is InChI=1S/C12H8FN3O/c1-16-12(17)5-4-11(15-16)9-6-8(7-14)2-3-10(9)13/h2-6H,1H3. The third-order valence-electron chi connectivity index (χ3n) is 2.33. The molecule has 0 radical (unpaired) electrons. The van der Waals surface area contributed by atoms with Crippen LogP contribution in [0.2, 0.25) is 0 Å². The number of aromatic nitrogens is 2. The second-order valence-electron chi connectivity index (χ2n) is 3.49. The van der Waals surface area contributed by atoms with Gasteiger partial charge in [-0.15, -0.1) is 0 Å². The molecule has 0 saturated heterocycles. The highest BCUT2D eigenvalue weighted by Gasteiger charge is 2.08. The Bertz CT molecular complexity index is 670. The molecule has 1 heterocycles. The molecule has 0 aliphatic carbocycles. The normalized spacial score (nSPS) is 9.94. The van der Waals surface area contributed by atoms with E-state index >= 15 is 0 Å². The van der Waals surface area contributed by atoms with Crippen molar-refractivity contribution in [3.8, 4) is 17.3 Å². The first-order chi connectivity index (χ1) is 8.11. The molecule has 0 aliphatic heterocycles. The number of nitrogens with zero attached hydrogens (tertiary/aromatic N) is 3. The molecule has 84 valence electrons. The summed E-state index contributed by atoms with van der Waals surface area (Å²) in [5.41, 5.74) is 0.601. The third kappa shape index (κ3) is 2.06. The van der Waals surface area contributed by atoms with Gasteiger partial charge in [0.05, 0.1) is 17.3 Å². The SMILES string of the molecule is Cn1nc(-c2cc(C#N)ccc2F)ccc1=O. The van der Waals surface area contributed by atoms with Crippen LogP contribution in [-0.4, -0.2) is 9.78 Å². The topological polar surface area (TPSA) is 58.7 Å². The van der Waals surface area contributed by atoms with Crippen LogP contribution in [0.25, 0.3) is 11.3 Å². The first-order valence-electron chi connectivity index (χ1n) is 4.86.